The highest BCUT2D eigenvalue weighted by molar-refractivity contribution is 5.73. The van der Waals surface area contributed by atoms with Crippen molar-refractivity contribution in [3.63, 3.8) is 0 Å². The fraction of sp³-hybridized carbons (Fsp3) is 0.600. The molecule has 1 aromatic heterocycles. The van der Waals surface area contributed by atoms with Crippen molar-refractivity contribution in [3.05, 3.63) is 18.0 Å². The second-order valence-electron chi connectivity index (χ2n) is 3.20. The van der Waals surface area contributed by atoms with E-state index in [0.717, 1.165) is 0 Å². The summed E-state index contributed by atoms with van der Waals surface area (Å²) in [6.07, 6.45) is -0.809. The van der Waals surface area contributed by atoms with E-state index >= 15 is 0 Å². The fourth-order valence-electron chi connectivity index (χ4n) is 1.34. The summed E-state index contributed by atoms with van der Waals surface area (Å²) in [6.45, 7) is 3.72. The van der Waals surface area contributed by atoms with Crippen LogP contribution in [0.3, 0.4) is 0 Å². The quantitative estimate of drug-likeness (QED) is 0.732. The van der Waals surface area contributed by atoms with Crippen molar-refractivity contribution < 1.29 is 18.3 Å². The van der Waals surface area contributed by atoms with Crippen LogP contribution in [0.25, 0.3) is 0 Å². The lowest BCUT2D eigenvalue weighted by atomic mass is 10.2. The average Bonchev–Trinajstić information content (AvgIpc) is 2.68. The van der Waals surface area contributed by atoms with Gasteiger partial charge in [0.1, 0.15) is 11.7 Å². The summed E-state index contributed by atoms with van der Waals surface area (Å²) in [5.74, 6) is -0.450. The molecule has 0 saturated heterocycles. The van der Waals surface area contributed by atoms with Crippen LogP contribution in [0.4, 0.5) is 8.78 Å². The molecule has 1 rings (SSSR count). The third kappa shape index (κ3) is 2.77. The van der Waals surface area contributed by atoms with Gasteiger partial charge in [0.2, 0.25) is 0 Å². The lowest BCUT2D eigenvalue weighted by Gasteiger charge is -2.13. The normalized spacial score (nSPS) is 12.8. The van der Waals surface area contributed by atoms with Crippen LogP contribution in [0.1, 0.15) is 38.4 Å². The third-order valence-corrected chi connectivity index (χ3v) is 2.12. The van der Waals surface area contributed by atoms with Gasteiger partial charge in [0.15, 0.2) is 0 Å². The monoisotopic (exact) mass is 232 g/mol. The molecular formula is C10H14F2N2O2. The average molecular weight is 232 g/mol. The molecule has 1 aromatic rings. The maximum Gasteiger partial charge on any atom is 0.330 e. The van der Waals surface area contributed by atoms with E-state index in [1.54, 1.807) is 13.8 Å². The van der Waals surface area contributed by atoms with Gasteiger partial charge in [-0.1, -0.05) is 6.92 Å². The van der Waals surface area contributed by atoms with E-state index in [1.807, 2.05) is 0 Å². The summed E-state index contributed by atoms with van der Waals surface area (Å²) in [5.41, 5.74) is -0.331. The van der Waals surface area contributed by atoms with Gasteiger partial charge < -0.3 is 4.74 Å². The summed E-state index contributed by atoms with van der Waals surface area (Å²) in [4.78, 5) is 11.5. The van der Waals surface area contributed by atoms with E-state index in [0.29, 0.717) is 6.42 Å². The molecule has 0 fully saturated rings. The molecule has 16 heavy (non-hydrogen) atoms. The van der Waals surface area contributed by atoms with E-state index < -0.39 is 18.4 Å². The molecule has 0 aliphatic heterocycles. The summed E-state index contributed by atoms with van der Waals surface area (Å²) in [5, 5.41) is 3.65. The van der Waals surface area contributed by atoms with Crippen molar-refractivity contribution in [2.75, 3.05) is 6.61 Å². The fourth-order valence-corrected chi connectivity index (χ4v) is 1.34. The zero-order valence-corrected chi connectivity index (χ0v) is 9.19. The Morgan fingerprint density at radius 2 is 2.25 bits per heavy atom. The number of hydrogen-bond acceptors (Lipinski definition) is 3. The molecule has 0 spiro atoms. The number of rotatable bonds is 5. The molecule has 1 atom stereocenters. The predicted octanol–water partition coefficient (Wildman–Crippen LogP) is 2.33. The van der Waals surface area contributed by atoms with Crippen LogP contribution in [0.5, 0.6) is 0 Å². The zero-order chi connectivity index (χ0) is 12.1. The molecule has 0 saturated carbocycles. The van der Waals surface area contributed by atoms with Crippen LogP contribution in [-0.2, 0) is 9.53 Å². The van der Waals surface area contributed by atoms with Gasteiger partial charge in [-0.25, -0.2) is 13.6 Å². The van der Waals surface area contributed by atoms with Crippen molar-refractivity contribution in [2.45, 2.75) is 32.7 Å². The number of alkyl halides is 2. The Bertz CT molecular complexity index is 352. The maximum atomic E-state index is 12.3. The number of hydrogen-bond donors (Lipinski definition) is 0. The smallest absolute Gasteiger partial charge is 0.330 e. The second kappa shape index (κ2) is 5.58. The molecule has 4 nitrogen and oxygen atoms in total. The minimum atomic E-state index is -2.62. The van der Waals surface area contributed by atoms with Gasteiger partial charge >= 0.3 is 5.97 Å². The minimum absolute atomic E-state index is 0.262. The van der Waals surface area contributed by atoms with Crippen molar-refractivity contribution in [3.8, 4) is 0 Å². The van der Waals surface area contributed by atoms with E-state index in [1.165, 1.54) is 16.9 Å². The Morgan fingerprint density at radius 1 is 1.56 bits per heavy atom. The molecule has 0 aliphatic carbocycles. The van der Waals surface area contributed by atoms with Gasteiger partial charge in [0.05, 0.1) is 6.61 Å². The molecule has 0 aliphatic rings. The molecular weight excluding hydrogens is 218 g/mol. The van der Waals surface area contributed by atoms with Gasteiger partial charge in [-0.15, -0.1) is 0 Å². The van der Waals surface area contributed by atoms with Crippen LogP contribution in [0.15, 0.2) is 12.3 Å². The summed E-state index contributed by atoms with van der Waals surface area (Å²) in [7, 11) is 0. The van der Waals surface area contributed by atoms with Crippen LogP contribution in [0.2, 0.25) is 0 Å². The predicted molar refractivity (Wildman–Crippen MR) is 53.1 cm³/mol. The Hall–Kier alpha value is -1.46. The summed E-state index contributed by atoms with van der Waals surface area (Å²) < 4.78 is 30.7. The Labute approximate surface area is 92.2 Å². The molecule has 90 valence electrons. The lowest BCUT2D eigenvalue weighted by molar-refractivity contribution is -0.147. The number of nitrogens with zero attached hydrogens (tertiary/aromatic N) is 2. The first-order chi connectivity index (χ1) is 7.60. The lowest BCUT2D eigenvalue weighted by Crippen LogP contribution is -2.22. The Morgan fingerprint density at radius 3 is 2.69 bits per heavy atom. The second-order valence-corrected chi connectivity index (χ2v) is 3.20. The number of carbonyl (C=O) groups excluding carboxylic acids is 1. The number of aromatic nitrogens is 2. The first-order valence-corrected chi connectivity index (χ1v) is 5.10. The van der Waals surface area contributed by atoms with E-state index in [4.69, 9.17) is 4.74 Å². The highest BCUT2D eigenvalue weighted by Crippen LogP contribution is 2.19. The molecule has 0 bridgehead atoms. The van der Waals surface area contributed by atoms with Crippen LogP contribution >= 0.6 is 0 Å². The molecule has 0 aromatic carbocycles. The van der Waals surface area contributed by atoms with Gasteiger partial charge in [-0.3, -0.25) is 4.68 Å². The number of esters is 1. The van der Waals surface area contributed by atoms with Crippen LogP contribution < -0.4 is 0 Å². The first-order valence-electron chi connectivity index (χ1n) is 5.10. The van der Waals surface area contributed by atoms with Gasteiger partial charge in [0.25, 0.3) is 6.43 Å². The highest BCUT2D eigenvalue weighted by atomic mass is 19.3. The van der Waals surface area contributed by atoms with Crippen molar-refractivity contribution in [1.82, 2.24) is 9.78 Å². The number of halogens is 2. The standard InChI is InChI=1S/C10H14F2N2O2/c1-3-8(10(15)16-4-2)14-6-5-7(13-14)9(11)12/h5-6,8-9H,3-4H2,1-2H3. The van der Waals surface area contributed by atoms with Crippen LogP contribution in [-0.4, -0.2) is 22.4 Å². The highest BCUT2D eigenvalue weighted by Gasteiger charge is 2.22. The minimum Gasteiger partial charge on any atom is -0.464 e. The number of carbonyl (C=O) groups is 1. The van der Waals surface area contributed by atoms with Gasteiger partial charge in [-0.2, -0.15) is 5.10 Å². The first kappa shape index (κ1) is 12.6. The Kier molecular flexibility index (Phi) is 4.39. The van der Waals surface area contributed by atoms with E-state index in [-0.39, 0.29) is 12.3 Å². The molecule has 1 unspecified atom stereocenters. The topological polar surface area (TPSA) is 44.1 Å². The molecule has 6 heteroatoms. The Balaban J connectivity index is 2.82. The van der Waals surface area contributed by atoms with Gasteiger partial charge in [0, 0.05) is 6.20 Å². The van der Waals surface area contributed by atoms with E-state index in [2.05, 4.69) is 5.10 Å². The van der Waals surface area contributed by atoms with Gasteiger partial charge in [-0.05, 0) is 19.4 Å². The molecule has 0 radical (unpaired) electrons. The molecule has 0 N–H and O–H groups in total. The zero-order valence-electron chi connectivity index (χ0n) is 9.19. The summed E-state index contributed by atoms with van der Waals surface area (Å²) >= 11 is 0. The van der Waals surface area contributed by atoms with Crippen LogP contribution in [0, 0.1) is 0 Å². The largest absolute Gasteiger partial charge is 0.464 e. The third-order valence-electron chi connectivity index (χ3n) is 2.12. The molecule has 0 amide bonds. The summed E-state index contributed by atoms with van der Waals surface area (Å²) in [6, 6.07) is 0.569. The SMILES string of the molecule is CCOC(=O)C(CC)n1ccc(C(F)F)n1. The number of ether oxygens (including phenoxy) is 1. The molecule has 1 heterocycles. The van der Waals surface area contributed by atoms with E-state index in [9.17, 15) is 13.6 Å². The van der Waals surface area contributed by atoms with Crippen molar-refractivity contribution >= 4 is 5.97 Å². The van der Waals surface area contributed by atoms with Crippen molar-refractivity contribution in [1.29, 1.82) is 0 Å². The maximum absolute atomic E-state index is 12.3. The van der Waals surface area contributed by atoms with Crippen molar-refractivity contribution in [2.24, 2.45) is 0 Å².